The Bertz CT molecular complexity index is 734. The van der Waals surface area contributed by atoms with Gasteiger partial charge in [0.25, 0.3) is 0 Å². The summed E-state index contributed by atoms with van der Waals surface area (Å²) in [5.41, 5.74) is 1.03. The first-order valence-electron chi connectivity index (χ1n) is 11.4. The van der Waals surface area contributed by atoms with Crippen molar-refractivity contribution in [2.45, 2.75) is 68.9 Å². The monoisotopic (exact) mass is 431 g/mol. The number of rotatable bonds is 9. The highest BCUT2D eigenvalue weighted by molar-refractivity contribution is 5.78. The van der Waals surface area contributed by atoms with Crippen LogP contribution < -0.4 is 16.0 Å². The largest absolute Gasteiger partial charge is 0.446 e. The molecular weight excluding hydrogens is 398 g/mol. The number of fused-ring (bicyclic) bond motifs is 1. The van der Waals surface area contributed by atoms with Gasteiger partial charge in [-0.25, -0.2) is 4.79 Å². The lowest BCUT2D eigenvalue weighted by Crippen LogP contribution is -2.50. The van der Waals surface area contributed by atoms with Crippen LogP contribution in [0.15, 0.2) is 30.3 Å². The number of amides is 2. The molecule has 0 spiro atoms. The lowest BCUT2D eigenvalue weighted by Gasteiger charge is -2.26. The summed E-state index contributed by atoms with van der Waals surface area (Å²) in [5, 5.41) is 19.8. The van der Waals surface area contributed by atoms with Crippen molar-refractivity contribution in [3.63, 3.8) is 0 Å². The third-order valence-corrected chi connectivity index (χ3v) is 6.58. The maximum atomic E-state index is 12.6. The fourth-order valence-corrected chi connectivity index (χ4v) is 4.88. The number of ether oxygens (including phenoxy) is 2. The van der Waals surface area contributed by atoms with E-state index in [4.69, 9.17) is 9.47 Å². The maximum Gasteiger partial charge on any atom is 0.407 e. The number of nitrogens with one attached hydrogen (secondary N) is 3. The second-order valence-electron chi connectivity index (χ2n) is 8.93. The van der Waals surface area contributed by atoms with Crippen LogP contribution >= 0.6 is 0 Å². The number of carbonyl (C=O) groups is 2. The Morgan fingerprint density at radius 2 is 2.10 bits per heavy atom. The van der Waals surface area contributed by atoms with E-state index in [-0.39, 0.29) is 24.2 Å². The Hall–Kier alpha value is -2.16. The van der Waals surface area contributed by atoms with E-state index in [1.54, 1.807) is 0 Å². The van der Waals surface area contributed by atoms with Crippen LogP contribution in [0, 0.1) is 5.92 Å². The summed E-state index contributed by atoms with van der Waals surface area (Å²) >= 11 is 0. The van der Waals surface area contributed by atoms with Crippen LogP contribution in [0.2, 0.25) is 0 Å². The average Bonchev–Trinajstić information content (AvgIpc) is 3.45. The minimum absolute atomic E-state index is 0.0696. The first-order chi connectivity index (χ1) is 15.1. The molecule has 1 aromatic rings. The van der Waals surface area contributed by atoms with Gasteiger partial charge in [0.05, 0.1) is 18.2 Å². The van der Waals surface area contributed by atoms with E-state index >= 15 is 0 Å². The summed E-state index contributed by atoms with van der Waals surface area (Å²) in [4.78, 5) is 23.9. The highest BCUT2D eigenvalue weighted by Crippen LogP contribution is 2.37. The summed E-state index contributed by atoms with van der Waals surface area (Å²) in [5.74, 6) is 0.559. The second-order valence-corrected chi connectivity index (χ2v) is 8.93. The number of hydrogen-bond acceptors (Lipinski definition) is 6. The van der Waals surface area contributed by atoms with Crippen LogP contribution in [0.25, 0.3) is 0 Å². The molecule has 1 aromatic carbocycles. The van der Waals surface area contributed by atoms with Crippen LogP contribution in [0.4, 0.5) is 4.79 Å². The quantitative estimate of drug-likeness (QED) is 0.467. The number of carbonyl (C=O) groups excluding carboxylic acids is 2. The van der Waals surface area contributed by atoms with E-state index < -0.39 is 18.2 Å². The molecule has 170 valence electrons. The van der Waals surface area contributed by atoms with E-state index in [2.05, 4.69) is 16.0 Å². The predicted molar refractivity (Wildman–Crippen MR) is 114 cm³/mol. The first kappa shape index (κ1) is 22.0. The van der Waals surface area contributed by atoms with Crippen molar-refractivity contribution in [3.05, 3.63) is 35.9 Å². The van der Waals surface area contributed by atoms with Gasteiger partial charge in [0, 0.05) is 38.6 Å². The van der Waals surface area contributed by atoms with E-state index in [1.165, 1.54) is 0 Å². The van der Waals surface area contributed by atoms with E-state index in [1.807, 2.05) is 30.3 Å². The zero-order chi connectivity index (χ0) is 21.6. The van der Waals surface area contributed by atoms with Gasteiger partial charge in [-0.15, -0.1) is 0 Å². The van der Waals surface area contributed by atoms with Crippen LogP contribution in [0.1, 0.15) is 37.7 Å². The topological polar surface area (TPSA) is 109 Å². The molecule has 0 unspecified atom stereocenters. The van der Waals surface area contributed by atoms with Gasteiger partial charge in [-0.3, -0.25) is 4.79 Å². The molecular formula is C23H33N3O5. The zero-order valence-electron chi connectivity index (χ0n) is 17.8. The minimum Gasteiger partial charge on any atom is -0.446 e. The third-order valence-electron chi connectivity index (χ3n) is 6.58. The van der Waals surface area contributed by atoms with Crippen molar-refractivity contribution in [2.24, 2.45) is 5.92 Å². The Kier molecular flexibility index (Phi) is 7.42. The molecule has 2 heterocycles. The molecule has 0 bridgehead atoms. The predicted octanol–water partition coefficient (Wildman–Crippen LogP) is 1.12. The van der Waals surface area contributed by atoms with Crippen molar-refractivity contribution in [2.75, 3.05) is 19.7 Å². The number of benzene rings is 1. The van der Waals surface area contributed by atoms with Gasteiger partial charge in [-0.1, -0.05) is 30.3 Å². The normalized spacial score (nSPS) is 29.3. The highest BCUT2D eigenvalue weighted by Gasteiger charge is 2.40. The summed E-state index contributed by atoms with van der Waals surface area (Å²) in [6.07, 6.45) is 3.27. The lowest BCUT2D eigenvalue weighted by molar-refractivity contribution is -0.119. The van der Waals surface area contributed by atoms with Crippen LogP contribution in [-0.2, 0) is 20.7 Å². The Morgan fingerprint density at radius 1 is 1.26 bits per heavy atom. The average molecular weight is 432 g/mol. The summed E-state index contributed by atoms with van der Waals surface area (Å²) in [6.45, 7) is 1.71. The Labute approximate surface area is 183 Å². The fraction of sp³-hybridized carbons (Fsp3) is 0.652. The fourth-order valence-electron chi connectivity index (χ4n) is 4.88. The maximum absolute atomic E-state index is 12.6. The lowest BCUT2D eigenvalue weighted by atomic mass is 10.0. The van der Waals surface area contributed by atoms with Gasteiger partial charge in [0.1, 0.15) is 6.10 Å². The number of hydrogen-bond donors (Lipinski definition) is 4. The number of aliphatic hydroxyl groups is 1. The van der Waals surface area contributed by atoms with Crippen molar-refractivity contribution in [1.29, 1.82) is 0 Å². The molecule has 31 heavy (non-hydrogen) atoms. The van der Waals surface area contributed by atoms with Crippen LogP contribution in [0.3, 0.4) is 0 Å². The van der Waals surface area contributed by atoms with E-state index in [0.717, 1.165) is 37.9 Å². The Balaban J connectivity index is 1.28. The molecule has 8 heteroatoms. The summed E-state index contributed by atoms with van der Waals surface area (Å²) in [7, 11) is 0. The summed E-state index contributed by atoms with van der Waals surface area (Å²) < 4.78 is 11.3. The van der Waals surface area contributed by atoms with Gasteiger partial charge < -0.3 is 30.5 Å². The minimum atomic E-state index is -0.795. The third kappa shape index (κ3) is 6.18. The number of alkyl carbamates (subject to hydrolysis) is 1. The van der Waals surface area contributed by atoms with Gasteiger partial charge >= 0.3 is 6.09 Å². The molecule has 1 saturated carbocycles. The smallest absolute Gasteiger partial charge is 0.407 e. The first-order valence-corrected chi connectivity index (χ1v) is 11.4. The molecule has 3 aliphatic rings. The summed E-state index contributed by atoms with van der Waals surface area (Å²) in [6, 6.07) is 9.37. The Morgan fingerprint density at radius 3 is 2.84 bits per heavy atom. The van der Waals surface area contributed by atoms with E-state index in [9.17, 15) is 14.7 Å². The van der Waals surface area contributed by atoms with Crippen LogP contribution in [0.5, 0.6) is 0 Å². The van der Waals surface area contributed by atoms with Crippen molar-refractivity contribution >= 4 is 12.0 Å². The molecule has 8 nitrogen and oxygen atoms in total. The molecule has 2 amide bonds. The molecule has 3 fully saturated rings. The van der Waals surface area contributed by atoms with Gasteiger partial charge in [0.15, 0.2) is 0 Å². The van der Waals surface area contributed by atoms with Gasteiger partial charge in [-0.05, 0) is 37.2 Å². The SMILES string of the molecule is O=C1CC[C@@H](CNC[C@@H](O)[C@H](Cc2ccccc2)NC(=O)O[C@@H]2C[C@@H]3CCO[C@@H]3C2)N1. The number of aliphatic hydroxyl groups excluding tert-OH is 1. The molecule has 4 rings (SSSR count). The molecule has 2 saturated heterocycles. The van der Waals surface area contributed by atoms with Gasteiger partial charge in [-0.2, -0.15) is 0 Å². The van der Waals surface area contributed by atoms with Gasteiger partial charge in [0.2, 0.25) is 5.91 Å². The van der Waals surface area contributed by atoms with E-state index in [0.29, 0.717) is 31.8 Å². The molecule has 1 aliphatic carbocycles. The standard InChI is InChI=1S/C23H33N3O5/c27-20(14-24-13-17-6-7-22(28)25-17)19(10-15-4-2-1-3-5-15)26-23(29)31-18-11-16-8-9-30-21(16)12-18/h1-5,16-21,24,27H,6-14H2,(H,25,28)(H,26,29)/t16-,17-,18+,19-,20+,21+/m0/s1. The van der Waals surface area contributed by atoms with Crippen molar-refractivity contribution in [3.8, 4) is 0 Å². The molecule has 6 atom stereocenters. The molecule has 0 radical (unpaired) electrons. The zero-order valence-corrected chi connectivity index (χ0v) is 17.8. The molecule has 0 aromatic heterocycles. The molecule has 4 N–H and O–H groups in total. The van der Waals surface area contributed by atoms with Crippen molar-refractivity contribution < 1.29 is 24.2 Å². The molecule has 2 aliphatic heterocycles. The van der Waals surface area contributed by atoms with Crippen LogP contribution in [-0.4, -0.2) is 67.2 Å². The highest BCUT2D eigenvalue weighted by atomic mass is 16.6. The second kappa shape index (κ2) is 10.4. The van der Waals surface area contributed by atoms with Crippen molar-refractivity contribution in [1.82, 2.24) is 16.0 Å².